The minimum Gasteiger partial charge on any atom is -0.493 e. The minimum atomic E-state index is -0.247. The number of methoxy groups -OCH3 is 2. The van der Waals surface area contributed by atoms with Gasteiger partial charge in [-0.15, -0.1) is 0 Å². The highest BCUT2D eigenvalue weighted by atomic mass is 16.5. The number of ether oxygens (including phenoxy) is 2. The third-order valence-electron chi connectivity index (χ3n) is 2.83. The molecule has 4 heteroatoms. The fraction of sp³-hybridized carbons (Fsp3) is 0.417. The Morgan fingerprint density at radius 2 is 2.00 bits per heavy atom. The number of fused-ring (bicyclic) bond motifs is 1. The molecule has 4 nitrogen and oxygen atoms in total. The maximum atomic E-state index is 9.04. The molecule has 0 radical (unpaired) electrons. The predicted octanol–water partition coefficient (Wildman–Crippen LogP) is 1.41. The molecule has 1 aliphatic rings. The van der Waals surface area contributed by atoms with Gasteiger partial charge in [0.05, 0.1) is 20.3 Å². The quantitative estimate of drug-likeness (QED) is 0.815. The summed E-state index contributed by atoms with van der Waals surface area (Å²) in [5.74, 6) is 1.39. The molecule has 1 heterocycles. The summed E-state index contributed by atoms with van der Waals surface area (Å²) in [4.78, 5) is 0. The molecular formula is C12H14N2O2. The van der Waals surface area contributed by atoms with Gasteiger partial charge in [-0.25, -0.2) is 0 Å². The molecule has 1 aromatic carbocycles. The van der Waals surface area contributed by atoms with Crippen molar-refractivity contribution < 1.29 is 9.47 Å². The first kappa shape index (κ1) is 10.8. The topological polar surface area (TPSA) is 54.3 Å². The molecule has 0 amide bonds. The second-order valence-corrected chi connectivity index (χ2v) is 3.67. The zero-order valence-corrected chi connectivity index (χ0v) is 9.41. The molecular weight excluding hydrogens is 204 g/mol. The molecule has 1 aliphatic heterocycles. The van der Waals surface area contributed by atoms with Gasteiger partial charge in [0.25, 0.3) is 0 Å². The van der Waals surface area contributed by atoms with E-state index >= 15 is 0 Å². The van der Waals surface area contributed by atoms with Gasteiger partial charge in [0.2, 0.25) is 0 Å². The van der Waals surface area contributed by atoms with E-state index in [0.717, 1.165) is 29.8 Å². The summed E-state index contributed by atoms with van der Waals surface area (Å²) in [6.07, 6.45) is 0.911. The van der Waals surface area contributed by atoms with Gasteiger partial charge < -0.3 is 9.47 Å². The SMILES string of the molecule is COc1cc2c(cc1OC)C(C#N)NCC2. The van der Waals surface area contributed by atoms with Gasteiger partial charge in [-0.05, 0) is 29.7 Å². The van der Waals surface area contributed by atoms with Crippen molar-refractivity contribution in [2.24, 2.45) is 0 Å². The molecule has 84 valence electrons. The van der Waals surface area contributed by atoms with E-state index in [9.17, 15) is 0 Å². The summed E-state index contributed by atoms with van der Waals surface area (Å²) in [7, 11) is 3.22. The van der Waals surface area contributed by atoms with Gasteiger partial charge in [0.15, 0.2) is 11.5 Å². The Labute approximate surface area is 94.8 Å². The zero-order chi connectivity index (χ0) is 11.5. The van der Waals surface area contributed by atoms with Crippen LogP contribution in [0.3, 0.4) is 0 Å². The van der Waals surface area contributed by atoms with E-state index in [-0.39, 0.29) is 6.04 Å². The summed E-state index contributed by atoms with van der Waals surface area (Å²) in [5.41, 5.74) is 2.15. The zero-order valence-electron chi connectivity index (χ0n) is 9.41. The Balaban J connectivity index is 2.51. The van der Waals surface area contributed by atoms with Crippen LogP contribution in [0.1, 0.15) is 17.2 Å². The van der Waals surface area contributed by atoms with Crippen molar-refractivity contribution in [3.05, 3.63) is 23.3 Å². The molecule has 2 rings (SSSR count). The number of nitrogens with zero attached hydrogens (tertiary/aromatic N) is 1. The highest BCUT2D eigenvalue weighted by molar-refractivity contribution is 5.50. The van der Waals surface area contributed by atoms with Crippen LogP contribution >= 0.6 is 0 Å². The van der Waals surface area contributed by atoms with Crippen LogP contribution in [0.15, 0.2) is 12.1 Å². The van der Waals surface area contributed by atoms with Crippen LogP contribution in [-0.2, 0) is 6.42 Å². The lowest BCUT2D eigenvalue weighted by atomic mass is 9.94. The molecule has 1 N–H and O–H groups in total. The molecule has 16 heavy (non-hydrogen) atoms. The first-order valence-corrected chi connectivity index (χ1v) is 5.18. The molecule has 0 spiro atoms. The second-order valence-electron chi connectivity index (χ2n) is 3.67. The minimum absolute atomic E-state index is 0.247. The van der Waals surface area contributed by atoms with Crippen LogP contribution in [0.4, 0.5) is 0 Å². The molecule has 0 aromatic heterocycles. The number of hydrogen-bond donors (Lipinski definition) is 1. The summed E-state index contributed by atoms with van der Waals surface area (Å²) < 4.78 is 10.5. The predicted molar refractivity (Wildman–Crippen MR) is 59.6 cm³/mol. The van der Waals surface area contributed by atoms with Crippen molar-refractivity contribution in [2.45, 2.75) is 12.5 Å². The molecule has 1 aromatic rings. The third kappa shape index (κ3) is 1.70. The van der Waals surface area contributed by atoms with Crippen molar-refractivity contribution in [3.8, 4) is 17.6 Å². The fourth-order valence-corrected chi connectivity index (χ4v) is 2.00. The van der Waals surface area contributed by atoms with Gasteiger partial charge >= 0.3 is 0 Å². The molecule has 0 saturated heterocycles. The number of hydrogen-bond acceptors (Lipinski definition) is 4. The summed E-state index contributed by atoms with van der Waals surface area (Å²) in [6.45, 7) is 0.820. The average Bonchev–Trinajstić information content (AvgIpc) is 2.36. The summed E-state index contributed by atoms with van der Waals surface area (Å²) >= 11 is 0. The Kier molecular flexibility index (Phi) is 2.97. The normalized spacial score (nSPS) is 18.4. The largest absolute Gasteiger partial charge is 0.493 e. The van der Waals surface area contributed by atoms with Crippen LogP contribution < -0.4 is 14.8 Å². The van der Waals surface area contributed by atoms with Gasteiger partial charge in [-0.2, -0.15) is 5.26 Å². The number of nitriles is 1. The van der Waals surface area contributed by atoms with Crippen LogP contribution in [0.2, 0.25) is 0 Å². The van der Waals surface area contributed by atoms with Crippen LogP contribution in [0.5, 0.6) is 11.5 Å². The standard InChI is InChI=1S/C12H14N2O2/c1-15-11-5-8-3-4-14-10(7-13)9(8)6-12(11)16-2/h5-6,10,14H,3-4H2,1-2H3. The lowest BCUT2D eigenvalue weighted by Crippen LogP contribution is -2.28. The van der Waals surface area contributed by atoms with Crippen LogP contribution in [0.25, 0.3) is 0 Å². The number of nitrogens with one attached hydrogen (secondary N) is 1. The highest BCUT2D eigenvalue weighted by Gasteiger charge is 2.21. The molecule has 1 unspecified atom stereocenters. The monoisotopic (exact) mass is 218 g/mol. The molecule has 1 atom stereocenters. The first-order chi connectivity index (χ1) is 7.80. The van der Waals surface area contributed by atoms with Gasteiger partial charge in [0.1, 0.15) is 6.04 Å². The Morgan fingerprint density at radius 1 is 1.31 bits per heavy atom. The van der Waals surface area contributed by atoms with Crippen molar-refractivity contribution in [3.63, 3.8) is 0 Å². The van der Waals surface area contributed by atoms with Crippen LogP contribution in [-0.4, -0.2) is 20.8 Å². The summed E-state index contributed by atoms with van der Waals surface area (Å²) in [6, 6.07) is 5.84. The average molecular weight is 218 g/mol. The smallest absolute Gasteiger partial charge is 0.161 e. The molecule has 0 saturated carbocycles. The maximum Gasteiger partial charge on any atom is 0.161 e. The van der Waals surface area contributed by atoms with Crippen molar-refractivity contribution in [1.82, 2.24) is 5.32 Å². The fourth-order valence-electron chi connectivity index (χ4n) is 2.00. The molecule has 0 bridgehead atoms. The van der Waals surface area contributed by atoms with Crippen molar-refractivity contribution >= 4 is 0 Å². The Hall–Kier alpha value is -1.73. The summed E-state index contributed by atoms with van der Waals surface area (Å²) in [5, 5.41) is 12.2. The Morgan fingerprint density at radius 3 is 2.62 bits per heavy atom. The molecule has 0 aliphatic carbocycles. The van der Waals surface area contributed by atoms with E-state index in [1.807, 2.05) is 12.1 Å². The maximum absolute atomic E-state index is 9.04. The van der Waals surface area contributed by atoms with Crippen molar-refractivity contribution in [1.29, 1.82) is 5.26 Å². The van der Waals surface area contributed by atoms with Crippen molar-refractivity contribution in [2.75, 3.05) is 20.8 Å². The van der Waals surface area contributed by atoms with Gasteiger partial charge in [-0.1, -0.05) is 0 Å². The van der Waals surface area contributed by atoms with E-state index in [1.54, 1.807) is 14.2 Å². The third-order valence-corrected chi connectivity index (χ3v) is 2.83. The molecule has 0 fully saturated rings. The van der Waals surface area contributed by atoms with E-state index < -0.39 is 0 Å². The van der Waals surface area contributed by atoms with E-state index in [0.29, 0.717) is 5.75 Å². The lowest BCUT2D eigenvalue weighted by Gasteiger charge is -2.23. The van der Waals surface area contributed by atoms with E-state index in [4.69, 9.17) is 14.7 Å². The van der Waals surface area contributed by atoms with Gasteiger partial charge in [0, 0.05) is 6.54 Å². The lowest BCUT2D eigenvalue weighted by molar-refractivity contribution is 0.353. The van der Waals surface area contributed by atoms with E-state index in [1.165, 1.54) is 0 Å². The number of benzene rings is 1. The second kappa shape index (κ2) is 4.42. The first-order valence-electron chi connectivity index (χ1n) is 5.18. The highest BCUT2D eigenvalue weighted by Crippen LogP contribution is 2.34. The Bertz CT molecular complexity index is 437. The van der Waals surface area contributed by atoms with Crippen LogP contribution in [0, 0.1) is 11.3 Å². The van der Waals surface area contributed by atoms with E-state index in [2.05, 4.69) is 11.4 Å². The van der Waals surface area contributed by atoms with Gasteiger partial charge in [-0.3, -0.25) is 5.32 Å². The number of rotatable bonds is 2.